The number of anilines is 1. The van der Waals surface area contributed by atoms with E-state index in [-0.39, 0.29) is 6.61 Å². The molecular formula is C28H25ClN2O3. The molecule has 4 aromatic rings. The number of halogens is 1. The standard InChI is InChI=1S/C28H25ClN2O3/c1-18-6-3-4-8-24(18)25-9-5-7-21(19(25)2)17-34-28-12-27(22(15-32)11-26(28)29)33-16-20-10-23(30)14-31-13-20/h3-15H,16-17,30H2,1-2H3. The fourth-order valence-corrected chi connectivity index (χ4v) is 4.01. The van der Waals surface area contributed by atoms with Gasteiger partial charge in [0.2, 0.25) is 0 Å². The second-order valence-electron chi connectivity index (χ2n) is 8.05. The minimum atomic E-state index is 0.206. The average Bonchev–Trinajstić information content (AvgIpc) is 2.83. The number of aryl methyl sites for hydroxylation is 1. The molecule has 0 aliphatic rings. The lowest BCUT2D eigenvalue weighted by Gasteiger charge is -2.16. The van der Waals surface area contributed by atoms with Crippen LogP contribution in [0.3, 0.4) is 0 Å². The van der Waals surface area contributed by atoms with E-state index in [4.69, 9.17) is 26.8 Å². The zero-order chi connectivity index (χ0) is 24.1. The van der Waals surface area contributed by atoms with Crippen LogP contribution in [0.15, 0.2) is 73.1 Å². The zero-order valence-electron chi connectivity index (χ0n) is 19.0. The highest BCUT2D eigenvalue weighted by Crippen LogP contribution is 2.34. The number of rotatable bonds is 8. The molecule has 0 aliphatic heterocycles. The van der Waals surface area contributed by atoms with Crippen molar-refractivity contribution in [3.63, 3.8) is 0 Å². The maximum atomic E-state index is 11.6. The maximum absolute atomic E-state index is 11.6. The molecule has 0 bridgehead atoms. The fourth-order valence-electron chi connectivity index (χ4n) is 3.79. The molecule has 2 N–H and O–H groups in total. The van der Waals surface area contributed by atoms with Crippen LogP contribution >= 0.6 is 11.6 Å². The molecule has 0 fully saturated rings. The number of ether oxygens (including phenoxy) is 2. The number of pyridine rings is 1. The average molecular weight is 473 g/mol. The van der Waals surface area contributed by atoms with Crippen LogP contribution in [-0.2, 0) is 13.2 Å². The molecular weight excluding hydrogens is 448 g/mol. The molecule has 0 saturated carbocycles. The first kappa shape index (κ1) is 23.3. The second kappa shape index (κ2) is 10.4. The lowest BCUT2D eigenvalue weighted by molar-refractivity contribution is 0.111. The summed E-state index contributed by atoms with van der Waals surface area (Å²) in [6.45, 7) is 4.72. The van der Waals surface area contributed by atoms with Crippen molar-refractivity contribution >= 4 is 23.6 Å². The van der Waals surface area contributed by atoms with E-state index in [2.05, 4.69) is 37.0 Å². The van der Waals surface area contributed by atoms with E-state index in [0.717, 1.165) is 16.7 Å². The SMILES string of the molecule is Cc1ccccc1-c1cccc(COc2cc(OCc3cncc(N)c3)c(C=O)cc2Cl)c1C. The molecule has 0 radical (unpaired) electrons. The van der Waals surface area contributed by atoms with Gasteiger partial charge in [0, 0.05) is 24.0 Å². The van der Waals surface area contributed by atoms with Gasteiger partial charge in [-0.2, -0.15) is 0 Å². The fraction of sp³-hybridized carbons (Fsp3) is 0.143. The first-order chi connectivity index (χ1) is 16.5. The minimum Gasteiger partial charge on any atom is -0.488 e. The predicted molar refractivity (Wildman–Crippen MR) is 136 cm³/mol. The summed E-state index contributed by atoms with van der Waals surface area (Å²) < 4.78 is 11.9. The lowest BCUT2D eigenvalue weighted by Crippen LogP contribution is -2.03. The van der Waals surface area contributed by atoms with Gasteiger partial charge in [0.1, 0.15) is 24.7 Å². The van der Waals surface area contributed by atoms with E-state index < -0.39 is 0 Å². The van der Waals surface area contributed by atoms with Crippen LogP contribution in [0.2, 0.25) is 5.02 Å². The molecule has 172 valence electrons. The smallest absolute Gasteiger partial charge is 0.153 e. The molecule has 0 unspecified atom stereocenters. The van der Waals surface area contributed by atoms with Crippen molar-refractivity contribution in [3.8, 4) is 22.6 Å². The normalized spacial score (nSPS) is 10.7. The van der Waals surface area contributed by atoms with Gasteiger partial charge in [-0.1, -0.05) is 54.1 Å². The first-order valence-electron chi connectivity index (χ1n) is 10.8. The Morgan fingerprint density at radius 1 is 0.912 bits per heavy atom. The molecule has 1 aromatic heterocycles. The zero-order valence-corrected chi connectivity index (χ0v) is 19.8. The molecule has 3 aromatic carbocycles. The van der Waals surface area contributed by atoms with Crippen LogP contribution in [-0.4, -0.2) is 11.3 Å². The Balaban J connectivity index is 1.55. The van der Waals surface area contributed by atoms with Crippen molar-refractivity contribution in [2.75, 3.05) is 5.73 Å². The minimum absolute atomic E-state index is 0.206. The van der Waals surface area contributed by atoms with Gasteiger partial charge in [0.05, 0.1) is 16.3 Å². The molecule has 6 heteroatoms. The third-order valence-electron chi connectivity index (χ3n) is 5.67. The number of carbonyl (C=O) groups excluding carboxylic acids is 1. The van der Waals surface area contributed by atoms with Crippen molar-refractivity contribution in [2.45, 2.75) is 27.1 Å². The maximum Gasteiger partial charge on any atom is 0.153 e. The molecule has 4 rings (SSSR count). The van der Waals surface area contributed by atoms with Gasteiger partial charge in [0.25, 0.3) is 0 Å². The van der Waals surface area contributed by atoms with Crippen molar-refractivity contribution in [1.29, 1.82) is 0 Å². The summed E-state index contributed by atoms with van der Waals surface area (Å²) in [5.41, 5.74) is 13.2. The number of carbonyl (C=O) groups is 1. The van der Waals surface area contributed by atoms with Crippen LogP contribution in [0.1, 0.15) is 32.6 Å². The molecule has 0 spiro atoms. The lowest BCUT2D eigenvalue weighted by atomic mass is 9.94. The van der Waals surface area contributed by atoms with Crippen LogP contribution in [0.25, 0.3) is 11.1 Å². The highest BCUT2D eigenvalue weighted by Gasteiger charge is 2.13. The van der Waals surface area contributed by atoms with Crippen molar-refractivity contribution in [1.82, 2.24) is 4.98 Å². The molecule has 0 saturated heterocycles. The Bertz CT molecular complexity index is 1340. The molecule has 34 heavy (non-hydrogen) atoms. The van der Waals surface area contributed by atoms with Crippen LogP contribution in [0.4, 0.5) is 5.69 Å². The summed E-state index contributed by atoms with van der Waals surface area (Å²) in [4.78, 5) is 15.6. The molecule has 0 atom stereocenters. The van der Waals surface area contributed by atoms with Gasteiger partial charge >= 0.3 is 0 Å². The van der Waals surface area contributed by atoms with Gasteiger partial charge in [0.15, 0.2) is 6.29 Å². The number of nitrogen functional groups attached to an aromatic ring is 1. The Labute approximate surface area is 204 Å². The van der Waals surface area contributed by atoms with E-state index in [9.17, 15) is 4.79 Å². The molecule has 5 nitrogen and oxygen atoms in total. The third-order valence-corrected chi connectivity index (χ3v) is 5.96. The van der Waals surface area contributed by atoms with Crippen molar-refractivity contribution in [2.24, 2.45) is 0 Å². The highest BCUT2D eigenvalue weighted by molar-refractivity contribution is 6.32. The topological polar surface area (TPSA) is 74.4 Å². The number of benzene rings is 3. The Morgan fingerprint density at radius 3 is 2.44 bits per heavy atom. The summed E-state index contributed by atoms with van der Waals surface area (Å²) in [6, 6.07) is 19.4. The quantitative estimate of drug-likeness (QED) is 0.293. The second-order valence-corrected chi connectivity index (χ2v) is 8.45. The number of aromatic nitrogens is 1. The highest BCUT2D eigenvalue weighted by atomic mass is 35.5. The van der Waals surface area contributed by atoms with Crippen LogP contribution in [0, 0.1) is 13.8 Å². The van der Waals surface area contributed by atoms with Gasteiger partial charge in [-0.25, -0.2) is 0 Å². The predicted octanol–water partition coefficient (Wildman–Crippen LogP) is 6.57. The Hall–Kier alpha value is -3.83. The molecule has 0 amide bonds. The van der Waals surface area contributed by atoms with Crippen LogP contribution < -0.4 is 15.2 Å². The van der Waals surface area contributed by atoms with Crippen molar-refractivity contribution < 1.29 is 14.3 Å². The summed E-state index contributed by atoms with van der Waals surface area (Å²) in [6.07, 6.45) is 3.93. The van der Waals surface area contributed by atoms with E-state index in [1.54, 1.807) is 30.6 Å². The number of hydrogen-bond acceptors (Lipinski definition) is 5. The number of hydrogen-bond donors (Lipinski definition) is 1. The monoisotopic (exact) mass is 472 g/mol. The first-order valence-corrected chi connectivity index (χ1v) is 11.2. The summed E-state index contributed by atoms with van der Waals surface area (Å²) in [5.74, 6) is 0.816. The van der Waals surface area contributed by atoms with E-state index in [0.29, 0.717) is 40.7 Å². The van der Waals surface area contributed by atoms with Gasteiger partial charge < -0.3 is 15.2 Å². The van der Waals surface area contributed by atoms with Crippen molar-refractivity contribution in [3.05, 3.63) is 106 Å². The van der Waals surface area contributed by atoms with Gasteiger partial charge in [-0.3, -0.25) is 9.78 Å². The van der Waals surface area contributed by atoms with E-state index >= 15 is 0 Å². The largest absolute Gasteiger partial charge is 0.488 e. The van der Waals surface area contributed by atoms with E-state index in [1.165, 1.54) is 16.7 Å². The summed E-state index contributed by atoms with van der Waals surface area (Å²) in [5, 5.41) is 0.341. The number of aldehydes is 1. The third kappa shape index (κ3) is 5.21. The summed E-state index contributed by atoms with van der Waals surface area (Å²) >= 11 is 6.41. The number of nitrogens with zero attached hydrogens (tertiary/aromatic N) is 1. The summed E-state index contributed by atoms with van der Waals surface area (Å²) in [7, 11) is 0. The van der Waals surface area contributed by atoms with Crippen LogP contribution in [0.5, 0.6) is 11.5 Å². The van der Waals surface area contributed by atoms with Gasteiger partial charge in [-0.05, 0) is 53.8 Å². The van der Waals surface area contributed by atoms with E-state index in [1.807, 2.05) is 24.3 Å². The Morgan fingerprint density at radius 2 is 1.68 bits per heavy atom. The molecule has 0 aliphatic carbocycles. The molecule has 1 heterocycles. The Kier molecular flexibility index (Phi) is 7.14. The van der Waals surface area contributed by atoms with Gasteiger partial charge in [-0.15, -0.1) is 0 Å². The number of nitrogens with two attached hydrogens (primary N) is 1.